The molecule has 0 aliphatic carbocycles. The topological polar surface area (TPSA) is 68.5 Å². The number of amides is 1. The first kappa shape index (κ1) is 21.2. The molecule has 1 aromatic heterocycles. The number of anilines is 1. The number of benzene rings is 3. The van der Waals surface area contributed by atoms with Gasteiger partial charge in [0.1, 0.15) is 11.6 Å². The Hall–Kier alpha value is -4.00. The zero-order chi connectivity index (χ0) is 22.8. The molecule has 4 aromatic rings. The lowest BCUT2D eigenvalue weighted by Gasteiger charge is -2.09. The van der Waals surface area contributed by atoms with E-state index in [1.807, 2.05) is 0 Å². The van der Waals surface area contributed by atoms with Crippen molar-refractivity contribution in [2.75, 3.05) is 5.32 Å². The Morgan fingerprint density at radius 2 is 1.69 bits per heavy atom. The molecule has 4 rings (SSSR count). The summed E-state index contributed by atoms with van der Waals surface area (Å²) in [5.41, 5.74) is 1.33. The van der Waals surface area contributed by atoms with Gasteiger partial charge in [0.25, 0.3) is 5.91 Å². The van der Waals surface area contributed by atoms with Crippen molar-refractivity contribution in [3.8, 4) is 11.1 Å². The smallest absolute Gasteiger partial charge is 0.374 e. The third-order valence-electron chi connectivity index (χ3n) is 4.71. The number of hydrogen-bond acceptors (Lipinski definition) is 4. The molecule has 0 saturated heterocycles. The van der Waals surface area contributed by atoms with Crippen LogP contribution < -0.4 is 5.32 Å². The molecule has 0 bridgehead atoms. The quantitative estimate of drug-likeness (QED) is 0.379. The van der Waals surface area contributed by atoms with Crippen molar-refractivity contribution in [3.63, 3.8) is 0 Å². The standard InChI is InChI=1S/C25H19F2NO4/c1-14(2)31-25(30)22-13-17-6-4-8-21(23(17)32-22)28-24(29)19-12-16(9-10-20(19)27)15-5-3-7-18(26)11-15/h3-14H,1-2H3,(H,28,29). The number of halogens is 2. The van der Waals surface area contributed by atoms with Gasteiger partial charge < -0.3 is 14.5 Å². The van der Waals surface area contributed by atoms with Crippen molar-refractivity contribution < 1.29 is 27.5 Å². The maximum absolute atomic E-state index is 14.4. The highest BCUT2D eigenvalue weighted by atomic mass is 19.1. The van der Waals surface area contributed by atoms with Gasteiger partial charge in [-0.25, -0.2) is 13.6 Å². The summed E-state index contributed by atoms with van der Waals surface area (Å²) in [5, 5.41) is 3.20. The first-order valence-electron chi connectivity index (χ1n) is 9.92. The average Bonchev–Trinajstić information content (AvgIpc) is 3.19. The Labute approximate surface area is 182 Å². The molecule has 7 heteroatoms. The minimum absolute atomic E-state index is 0.00492. The van der Waals surface area contributed by atoms with E-state index in [1.165, 1.54) is 36.4 Å². The molecule has 0 unspecified atom stereocenters. The monoisotopic (exact) mass is 435 g/mol. The highest BCUT2D eigenvalue weighted by Gasteiger charge is 2.19. The second kappa shape index (κ2) is 8.63. The van der Waals surface area contributed by atoms with Crippen LogP contribution in [-0.2, 0) is 4.74 Å². The number of para-hydroxylation sites is 1. The highest BCUT2D eigenvalue weighted by Crippen LogP contribution is 2.29. The van der Waals surface area contributed by atoms with E-state index in [4.69, 9.17) is 9.15 Å². The Balaban J connectivity index is 1.65. The maximum atomic E-state index is 14.4. The lowest BCUT2D eigenvalue weighted by atomic mass is 10.0. The number of carbonyl (C=O) groups excluding carboxylic acids is 2. The summed E-state index contributed by atoms with van der Waals surface area (Å²) in [6.07, 6.45) is -0.316. The second-order valence-electron chi connectivity index (χ2n) is 7.45. The minimum Gasteiger partial charge on any atom is -0.457 e. The number of furan rings is 1. The fourth-order valence-electron chi connectivity index (χ4n) is 3.27. The molecule has 0 radical (unpaired) electrons. The van der Waals surface area contributed by atoms with Crippen LogP contribution in [0.3, 0.4) is 0 Å². The molecule has 0 fully saturated rings. The van der Waals surface area contributed by atoms with Crippen LogP contribution in [0.25, 0.3) is 22.1 Å². The van der Waals surface area contributed by atoms with Gasteiger partial charge in [0.05, 0.1) is 17.4 Å². The lowest BCUT2D eigenvalue weighted by molar-refractivity contribution is 0.0344. The van der Waals surface area contributed by atoms with Gasteiger partial charge >= 0.3 is 5.97 Å². The number of hydrogen-bond donors (Lipinski definition) is 1. The number of fused-ring (bicyclic) bond motifs is 1. The van der Waals surface area contributed by atoms with Crippen LogP contribution in [0.2, 0.25) is 0 Å². The fraction of sp³-hybridized carbons (Fsp3) is 0.120. The van der Waals surface area contributed by atoms with Crippen LogP contribution in [0.5, 0.6) is 0 Å². The van der Waals surface area contributed by atoms with Crippen LogP contribution in [0.1, 0.15) is 34.8 Å². The van der Waals surface area contributed by atoms with Gasteiger partial charge in [-0.2, -0.15) is 0 Å². The first-order valence-corrected chi connectivity index (χ1v) is 9.92. The van der Waals surface area contributed by atoms with E-state index in [2.05, 4.69) is 5.32 Å². The molecule has 0 spiro atoms. The number of carbonyl (C=O) groups is 2. The van der Waals surface area contributed by atoms with Crippen LogP contribution in [-0.4, -0.2) is 18.0 Å². The van der Waals surface area contributed by atoms with E-state index in [-0.39, 0.29) is 28.7 Å². The van der Waals surface area contributed by atoms with E-state index in [0.717, 1.165) is 6.07 Å². The predicted octanol–water partition coefficient (Wildman–Crippen LogP) is 6.20. The zero-order valence-electron chi connectivity index (χ0n) is 17.3. The molecule has 3 aromatic carbocycles. The molecular formula is C25H19F2NO4. The summed E-state index contributed by atoms with van der Waals surface area (Å²) in [6, 6.07) is 16.3. The number of esters is 1. The van der Waals surface area contributed by atoms with E-state index >= 15 is 0 Å². The highest BCUT2D eigenvalue weighted by molar-refractivity contribution is 6.09. The van der Waals surface area contributed by atoms with Gasteiger partial charge in [-0.15, -0.1) is 0 Å². The summed E-state index contributed by atoms with van der Waals surface area (Å²) in [7, 11) is 0. The van der Waals surface area contributed by atoms with Gasteiger partial charge in [-0.1, -0.05) is 30.3 Å². The van der Waals surface area contributed by atoms with Crippen molar-refractivity contribution in [1.82, 2.24) is 0 Å². The number of rotatable bonds is 5. The fourth-order valence-corrected chi connectivity index (χ4v) is 3.27. The molecular weight excluding hydrogens is 416 g/mol. The van der Waals surface area contributed by atoms with Crippen LogP contribution in [0, 0.1) is 11.6 Å². The van der Waals surface area contributed by atoms with Crippen molar-refractivity contribution in [2.45, 2.75) is 20.0 Å². The van der Waals surface area contributed by atoms with Gasteiger partial charge in [0, 0.05) is 5.39 Å². The zero-order valence-corrected chi connectivity index (χ0v) is 17.3. The SMILES string of the molecule is CC(C)OC(=O)c1cc2cccc(NC(=O)c3cc(-c4cccc(F)c4)ccc3F)c2o1. The van der Waals surface area contributed by atoms with Crippen molar-refractivity contribution in [3.05, 3.63) is 89.7 Å². The van der Waals surface area contributed by atoms with Gasteiger partial charge in [0.2, 0.25) is 5.76 Å². The van der Waals surface area contributed by atoms with Crippen LogP contribution >= 0.6 is 0 Å². The van der Waals surface area contributed by atoms with E-state index < -0.39 is 23.5 Å². The molecule has 5 nitrogen and oxygen atoms in total. The van der Waals surface area contributed by atoms with Crippen molar-refractivity contribution in [1.29, 1.82) is 0 Å². The summed E-state index contributed by atoms with van der Waals surface area (Å²) in [5.74, 6) is -2.50. The summed E-state index contributed by atoms with van der Waals surface area (Å²) in [4.78, 5) is 25.0. The average molecular weight is 435 g/mol. The molecule has 32 heavy (non-hydrogen) atoms. The molecule has 1 N–H and O–H groups in total. The number of nitrogens with one attached hydrogen (secondary N) is 1. The Morgan fingerprint density at radius 3 is 2.44 bits per heavy atom. The Morgan fingerprint density at radius 1 is 0.938 bits per heavy atom. The summed E-state index contributed by atoms with van der Waals surface area (Å²) < 4.78 is 38.8. The molecule has 0 atom stereocenters. The molecule has 162 valence electrons. The largest absolute Gasteiger partial charge is 0.457 e. The summed E-state index contributed by atoms with van der Waals surface area (Å²) >= 11 is 0. The van der Waals surface area contributed by atoms with Crippen LogP contribution in [0.15, 0.2) is 71.1 Å². The normalized spacial score (nSPS) is 11.0. The van der Waals surface area contributed by atoms with E-state index in [1.54, 1.807) is 38.1 Å². The Kier molecular flexibility index (Phi) is 5.73. The Bertz CT molecular complexity index is 1330. The predicted molar refractivity (Wildman–Crippen MR) is 117 cm³/mol. The minimum atomic E-state index is -0.726. The first-order chi connectivity index (χ1) is 15.3. The third kappa shape index (κ3) is 4.37. The molecule has 1 heterocycles. The summed E-state index contributed by atoms with van der Waals surface area (Å²) in [6.45, 7) is 3.44. The lowest BCUT2D eigenvalue weighted by Crippen LogP contribution is -2.14. The van der Waals surface area contributed by atoms with Crippen molar-refractivity contribution in [2.24, 2.45) is 0 Å². The van der Waals surface area contributed by atoms with Gasteiger partial charge in [0.15, 0.2) is 5.58 Å². The second-order valence-corrected chi connectivity index (χ2v) is 7.45. The van der Waals surface area contributed by atoms with Gasteiger partial charge in [-0.05, 0) is 61.4 Å². The van der Waals surface area contributed by atoms with Crippen molar-refractivity contribution >= 4 is 28.5 Å². The third-order valence-corrected chi connectivity index (χ3v) is 4.71. The molecule has 0 saturated carbocycles. The van der Waals surface area contributed by atoms with Crippen LogP contribution in [0.4, 0.5) is 14.5 Å². The van der Waals surface area contributed by atoms with E-state index in [9.17, 15) is 18.4 Å². The maximum Gasteiger partial charge on any atom is 0.374 e. The van der Waals surface area contributed by atoms with E-state index in [0.29, 0.717) is 16.5 Å². The molecule has 0 aliphatic heterocycles. The molecule has 1 amide bonds. The number of ether oxygens (including phenoxy) is 1. The molecule has 0 aliphatic rings. The van der Waals surface area contributed by atoms with Gasteiger partial charge in [-0.3, -0.25) is 4.79 Å².